The zero-order chi connectivity index (χ0) is 12.5. The monoisotopic (exact) mass is 240 g/mol. The van der Waals surface area contributed by atoms with Crippen LogP contribution in [0.25, 0.3) is 5.69 Å². The quantitative estimate of drug-likeness (QED) is 0.811. The van der Waals surface area contributed by atoms with E-state index in [1.807, 2.05) is 0 Å². The molecule has 0 amide bonds. The van der Waals surface area contributed by atoms with Crippen LogP contribution in [0.2, 0.25) is 0 Å². The first-order valence-corrected chi connectivity index (χ1v) is 6.73. The molecule has 94 valence electrons. The lowest BCUT2D eigenvalue weighted by atomic mass is 10.0. The van der Waals surface area contributed by atoms with Crippen LogP contribution in [0.1, 0.15) is 22.5 Å². The van der Waals surface area contributed by atoms with E-state index in [9.17, 15) is 0 Å². The molecule has 2 heterocycles. The Balaban J connectivity index is 2.07. The van der Waals surface area contributed by atoms with Gasteiger partial charge in [-0.25, -0.2) is 0 Å². The van der Waals surface area contributed by atoms with Gasteiger partial charge in [0.25, 0.3) is 0 Å². The highest BCUT2D eigenvalue weighted by Crippen LogP contribution is 2.21. The Kier molecular flexibility index (Phi) is 2.96. The molecule has 0 radical (unpaired) electrons. The van der Waals surface area contributed by atoms with Gasteiger partial charge in [0.1, 0.15) is 0 Å². The third-order valence-corrected chi connectivity index (χ3v) is 3.86. The van der Waals surface area contributed by atoms with E-state index in [0.29, 0.717) is 0 Å². The molecule has 1 aromatic heterocycles. The molecule has 1 aliphatic heterocycles. The third-order valence-electron chi connectivity index (χ3n) is 3.86. The predicted octanol–water partition coefficient (Wildman–Crippen LogP) is 2.78. The van der Waals surface area contributed by atoms with Gasteiger partial charge in [0.2, 0.25) is 0 Å². The fourth-order valence-corrected chi connectivity index (χ4v) is 2.87. The first-order valence-electron chi connectivity index (χ1n) is 6.73. The Morgan fingerprint density at radius 1 is 0.889 bits per heavy atom. The summed E-state index contributed by atoms with van der Waals surface area (Å²) in [6.45, 7) is 6.54. The van der Waals surface area contributed by atoms with Gasteiger partial charge >= 0.3 is 0 Å². The van der Waals surface area contributed by atoms with Crippen LogP contribution in [0.3, 0.4) is 0 Å². The molecule has 2 heteroatoms. The summed E-state index contributed by atoms with van der Waals surface area (Å²) in [4.78, 5) is 0. The molecule has 0 atom stereocenters. The maximum atomic E-state index is 3.46. The fraction of sp³-hybridized carbons (Fsp3) is 0.375. The predicted molar refractivity (Wildman–Crippen MR) is 75.5 cm³/mol. The minimum atomic E-state index is 1.10. The van der Waals surface area contributed by atoms with Gasteiger partial charge < -0.3 is 9.88 Å². The van der Waals surface area contributed by atoms with Crippen molar-refractivity contribution in [2.24, 2.45) is 0 Å². The molecule has 18 heavy (non-hydrogen) atoms. The number of benzene rings is 1. The Hall–Kier alpha value is -1.54. The molecule has 0 aliphatic carbocycles. The SMILES string of the molecule is Cc1ccc(C)n1-c1ccc2c(c1)CCNCC2. The normalized spacial score (nSPS) is 15.2. The van der Waals surface area contributed by atoms with Gasteiger partial charge in [-0.1, -0.05) is 6.07 Å². The van der Waals surface area contributed by atoms with Crippen molar-refractivity contribution in [1.29, 1.82) is 0 Å². The Bertz CT molecular complexity index is 547. The molecule has 0 bridgehead atoms. The van der Waals surface area contributed by atoms with E-state index in [2.05, 4.69) is 54.1 Å². The zero-order valence-electron chi connectivity index (χ0n) is 11.2. The molecule has 0 saturated carbocycles. The number of nitrogens with zero attached hydrogens (tertiary/aromatic N) is 1. The van der Waals surface area contributed by atoms with E-state index < -0.39 is 0 Å². The van der Waals surface area contributed by atoms with Crippen LogP contribution < -0.4 is 5.32 Å². The molecule has 0 unspecified atom stereocenters. The number of hydrogen-bond donors (Lipinski definition) is 1. The molecule has 3 rings (SSSR count). The molecule has 0 fully saturated rings. The van der Waals surface area contributed by atoms with Gasteiger partial charge in [0, 0.05) is 17.1 Å². The molecule has 1 N–H and O–H groups in total. The highest BCUT2D eigenvalue weighted by Gasteiger charge is 2.10. The average molecular weight is 240 g/mol. The minimum Gasteiger partial charge on any atom is -0.319 e. The first-order chi connectivity index (χ1) is 8.75. The Morgan fingerprint density at radius 3 is 2.28 bits per heavy atom. The van der Waals surface area contributed by atoms with Gasteiger partial charge in [-0.3, -0.25) is 0 Å². The topological polar surface area (TPSA) is 17.0 Å². The van der Waals surface area contributed by atoms with Crippen LogP contribution in [0.5, 0.6) is 0 Å². The van der Waals surface area contributed by atoms with Crippen molar-refractivity contribution in [3.8, 4) is 5.69 Å². The molecule has 0 saturated heterocycles. The first kappa shape index (κ1) is 11.5. The number of rotatable bonds is 1. The summed E-state index contributed by atoms with van der Waals surface area (Å²) in [5, 5.41) is 3.46. The lowest BCUT2D eigenvalue weighted by Gasteiger charge is -2.13. The highest BCUT2D eigenvalue weighted by molar-refractivity contribution is 5.44. The van der Waals surface area contributed by atoms with Crippen molar-refractivity contribution in [3.63, 3.8) is 0 Å². The maximum absolute atomic E-state index is 3.46. The number of nitrogens with one attached hydrogen (secondary N) is 1. The molecule has 2 aromatic rings. The summed E-state index contributed by atoms with van der Waals surface area (Å²) in [6.07, 6.45) is 2.29. The average Bonchev–Trinajstić information content (AvgIpc) is 2.59. The molecule has 2 nitrogen and oxygen atoms in total. The lowest BCUT2D eigenvalue weighted by Crippen LogP contribution is -2.16. The molecular weight excluding hydrogens is 220 g/mol. The number of hydrogen-bond acceptors (Lipinski definition) is 1. The molecule has 1 aliphatic rings. The van der Waals surface area contributed by atoms with Crippen molar-refractivity contribution < 1.29 is 0 Å². The van der Waals surface area contributed by atoms with Crippen LogP contribution in [0, 0.1) is 13.8 Å². The van der Waals surface area contributed by atoms with Gasteiger partial charge in [0.15, 0.2) is 0 Å². The summed E-state index contributed by atoms with van der Waals surface area (Å²) in [6, 6.07) is 11.3. The summed E-state index contributed by atoms with van der Waals surface area (Å²) in [7, 11) is 0. The summed E-state index contributed by atoms with van der Waals surface area (Å²) < 4.78 is 2.33. The Morgan fingerprint density at radius 2 is 1.56 bits per heavy atom. The van der Waals surface area contributed by atoms with E-state index in [4.69, 9.17) is 0 Å². The highest BCUT2D eigenvalue weighted by atomic mass is 15.0. The zero-order valence-corrected chi connectivity index (χ0v) is 11.2. The molecule has 0 spiro atoms. The van der Waals surface area contributed by atoms with Gasteiger partial charge in [0.05, 0.1) is 0 Å². The number of aryl methyl sites for hydroxylation is 2. The fourth-order valence-electron chi connectivity index (χ4n) is 2.87. The number of fused-ring (bicyclic) bond motifs is 1. The standard InChI is InChI=1S/C16H20N2/c1-12-3-4-13(2)18(12)16-6-5-14-7-9-17-10-8-15(14)11-16/h3-6,11,17H,7-10H2,1-2H3. The van der Waals surface area contributed by atoms with Crippen LogP contribution in [0.4, 0.5) is 0 Å². The number of aromatic nitrogens is 1. The van der Waals surface area contributed by atoms with Crippen LogP contribution in [-0.2, 0) is 12.8 Å². The third kappa shape index (κ3) is 1.97. The van der Waals surface area contributed by atoms with E-state index in [-0.39, 0.29) is 0 Å². The van der Waals surface area contributed by atoms with E-state index in [1.165, 1.54) is 28.2 Å². The maximum Gasteiger partial charge on any atom is 0.0457 e. The van der Waals surface area contributed by atoms with Gasteiger partial charge in [-0.2, -0.15) is 0 Å². The largest absolute Gasteiger partial charge is 0.319 e. The van der Waals surface area contributed by atoms with Crippen LogP contribution >= 0.6 is 0 Å². The van der Waals surface area contributed by atoms with Crippen LogP contribution in [0.15, 0.2) is 30.3 Å². The van der Waals surface area contributed by atoms with Gasteiger partial charge in [-0.05, 0) is 75.2 Å². The van der Waals surface area contributed by atoms with E-state index >= 15 is 0 Å². The summed E-state index contributed by atoms with van der Waals surface area (Å²) in [5.74, 6) is 0. The second-order valence-electron chi connectivity index (χ2n) is 5.15. The second kappa shape index (κ2) is 4.62. The van der Waals surface area contributed by atoms with E-state index in [0.717, 1.165) is 25.9 Å². The van der Waals surface area contributed by atoms with Crippen molar-refractivity contribution >= 4 is 0 Å². The minimum absolute atomic E-state index is 1.10. The van der Waals surface area contributed by atoms with Crippen molar-refractivity contribution in [2.45, 2.75) is 26.7 Å². The van der Waals surface area contributed by atoms with E-state index in [1.54, 1.807) is 0 Å². The van der Waals surface area contributed by atoms with Crippen LogP contribution in [-0.4, -0.2) is 17.7 Å². The van der Waals surface area contributed by atoms with Crippen molar-refractivity contribution in [1.82, 2.24) is 9.88 Å². The summed E-state index contributed by atoms with van der Waals surface area (Å²) in [5.41, 5.74) is 6.92. The van der Waals surface area contributed by atoms with Crippen molar-refractivity contribution in [2.75, 3.05) is 13.1 Å². The second-order valence-corrected chi connectivity index (χ2v) is 5.15. The molecular formula is C16H20N2. The van der Waals surface area contributed by atoms with Crippen molar-refractivity contribution in [3.05, 3.63) is 52.8 Å². The lowest BCUT2D eigenvalue weighted by molar-refractivity contribution is 0.711. The Labute approximate surface area is 109 Å². The smallest absolute Gasteiger partial charge is 0.0457 e. The van der Waals surface area contributed by atoms with Gasteiger partial charge in [-0.15, -0.1) is 0 Å². The molecule has 1 aromatic carbocycles. The summed E-state index contributed by atoms with van der Waals surface area (Å²) >= 11 is 0.